The van der Waals surface area contributed by atoms with Crippen LogP contribution in [-0.2, 0) is 16.2 Å². The Morgan fingerprint density at radius 2 is 1.79 bits per heavy atom. The molecule has 8 nitrogen and oxygen atoms in total. The largest absolute Gasteiger partial charge is 0.488 e. The van der Waals surface area contributed by atoms with E-state index < -0.39 is 23.8 Å². The molecule has 0 unspecified atom stereocenters. The summed E-state index contributed by atoms with van der Waals surface area (Å²) in [5.41, 5.74) is 1.30. The van der Waals surface area contributed by atoms with Crippen molar-refractivity contribution in [2.75, 3.05) is 0 Å². The zero-order valence-corrected chi connectivity index (χ0v) is 19.8. The fourth-order valence-corrected chi connectivity index (χ4v) is 4.54. The predicted octanol–water partition coefficient (Wildman–Crippen LogP) is 4.52. The van der Waals surface area contributed by atoms with Gasteiger partial charge in [-0.2, -0.15) is 0 Å². The lowest BCUT2D eigenvalue weighted by atomic mass is 9.93. The minimum Gasteiger partial charge on any atom is -0.488 e. The summed E-state index contributed by atoms with van der Waals surface area (Å²) in [5, 5.41) is 11.3. The smallest absolute Gasteiger partial charge is 0.335 e. The molecule has 9 heteroatoms. The highest BCUT2D eigenvalue weighted by molar-refractivity contribution is 9.10. The van der Waals surface area contributed by atoms with Gasteiger partial charge in [-0.25, -0.2) is 9.59 Å². The van der Waals surface area contributed by atoms with Crippen molar-refractivity contribution in [2.45, 2.75) is 44.8 Å². The summed E-state index contributed by atoms with van der Waals surface area (Å²) in [6.07, 6.45) is 5.84. The van der Waals surface area contributed by atoms with Crippen LogP contribution in [0.1, 0.15) is 53.6 Å². The molecule has 1 aliphatic carbocycles. The Bertz CT molecular complexity index is 1170. The van der Waals surface area contributed by atoms with Crippen LogP contribution in [0.3, 0.4) is 0 Å². The number of carboxylic acid groups (broad SMARTS) is 1. The molecule has 0 radical (unpaired) electrons. The fourth-order valence-electron chi connectivity index (χ4n) is 4.17. The number of benzene rings is 2. The fraction of sp³-hybridized carbons (Fsp3) is 0.280. The van der Waals surface area contributed by atoms with Crippen LogP contribution in [0.25, 0.3) is 6.08 Å². The number of carboxylic acids is 1. The molecule has 0 aromatic heterocycles. The van der Waals surface area contributed by atoms with Crippen LogP contribution in [0.15, 0.2) is 52.5 Å². The first-order valence-electron chi connectivity index (χ1n) is 11.0. The standard InChI is InChI=1S/C25H23BrN2O6/c26-18-10-11-21(34-14-15-6-8-16(9-7-15)24(31)32)17(12-18)13-20-22(29)27-25(33)28(23(20)30)19-4-2-1-3-5-19/h6-13,19H,1-5,14H2,(H,31,32)(H,27,29,33). The second-order valence-electron chi connectivity index (χ2n) is 8.26. The number of nitrogens with zero attached hydrogens (tertiary/aromatic N) is 1. The molecule has 176 valence electrons. The second kappa shape index (κ2) is 10.2. The van der Waals surface area contributed by atoms with Crippen molar-refractivity contribution in [2.24, 2.45) is 0 Å². The number of ether oxygens (including phenoxy) is 1. The predicted molar refractivity (Wildman–Crippen MR) is 127 cm³/mol. The van der Waals surface area contributed by atoms with E-state index in [-0.39, 0.29) is 23.8 Å². The molecule has 0 bridgehead atoms. The van der Waals surface area contributed by atoms with E-state index in [0.717, 1.165) is 42.1 Å². The van der Waals surface area contributed by atoms with Crippen molar-refractivity contribution in [3.8, 4) is 5.75 Å². The van der Waals surface area contributed by atoms with Gasteiger partial charge in [-0.1, -0.05) is 47.3 Å². The first-order chi connectivity index (χ1) is 16.3. The van der Waals surface area contributed by atoms with Gasteiger partial charge in [0.15, 0.2) is 0 Å². The quantitative estimate of drug-likeness (QED) is 0.422. The summed E-state index contributed by atoms with van der Waals surface area (Å²) in [6.45, 7) is 0.157. The van der Waals surface area contributed by atoms with Crippen LogP contribution in [0, 0.1) is 0 Å². The Morgan fingerprint density at radius 1 is 1.09 bits per heavy atom. The topological polar surface area (TPSA) is 113 Å². The van der Waals surface area contributed by atoms with Gasteiger partial charge in [0, 0.05) is 16.1 Å². The zero-order valence-electron chi connectivity index (χ0n) is 18.3. The summed E-state index contributed by atoms with van der Waals surface area (Å²) < 4.78 is 6.64. The number of hydrogen-bond acceptors (Lipinski definition) is 5. The molecule has 4 rings (SSSR count). The lowest BCUT2D eigenvalue weighted by Gasteiger charge is -2.35. The van der Waals surface area contributed by atoms with Crippen molar-refractivity contribution in [1.29, 1.82) is 0 Å². The number of rotatable bonds is 6. The maximum Gasteiger partial charge on any atom is 0.335 e. The molecular weight excluding hydrogens is 504 g/mol. The Labute approximate surface area is 204 Å². The summed E-state index contributed by atoms with van der Waals surface area (Å²) in [4.78, 5) is 50.4. The highest BCUT2D eigenvalue weighted by Crippen LogP contribution is 2.30. The lowest BCUT2D eigenvalue weighted by Crippen LogP contribution is -2.58. The van der Waals surface area contributed by atoms with Crippen LogP contribution < -0.4 is 10.1 Å². The number of halogens is 1. The van der Waals surface area contributed by atoms with E-state index in [1.54, 1.807) is 30.3 Å². The Balaban J connectivity index is 1.59. The van der Waals surface area contributed by atoms with E-state index in [4.69, 9.17) is 9.84 Å². The van der Waals surface area contributed by atoms with E-state index >= 15 is 0 Å². The molecule has 4 amide bonds. The number of barbiturate groups is 1. The molecule has 0 atom stereocenters. The van der Waals surface area contributed by atoms with Gasteiger partial charge in [-0.3, -0.25) is 19.8 Å². The summed E-state index contributed by atoms with van der Waals surface area (Å²) >= 11 is 3.40. The highest BCUT2D eigenvalue weighted by Gasteiger charge is 2.40. The molecule has 1 saturated heterocycles. The average molecular weight is 527 g/mol. The van der Waals surface area contributed by atoms with Crippen molar-refractivity contribution < 1.29 is 29.0 Å². The molecule has 2 aromatic rings. The third-order valence-electron chi connectivity index (χ3n) is 5.94. The normalized spacial score (nSPS) is 18.2. The van der Waals surface area contributed by atoms with Crippen LogP contribution in [0.2, 0.25) is 0 Å². The molecule has 1 heterocycles. The second-order valence-corrected chi connectivity index (χ2v) is 9.17. The Hall–Kier alpha value is -3.46. The minimum atomic E-state index is -1.01. The van der Waals surface area contributed by atoms with Gasteiger partial charge >= 0.3 is 12.0 Å². The van der Waals surface area contributed by atoms with Crippen LogP contribution in [-0.4, -0.2) is 39.9 Å². The van der Waals surface area contributed by atoms with Gasteiger partial charge in [0.05, 0.1) is 5.56 Å². The zero-order chi connectivity index (χ0) is 24.2. The number of carbonyl (C=O) groups excluding carboxylic acids is 3. The Kier molecular flexibility index (Phi) is 7.12. The molecule has 1 aliphatic heterocycles. The van der Waals surface area contributed by atoms with Gasteiger partial charge in [0.1, 0.15) is 17.9 Å². The van der Waals surface area contributed by atoms with E-state index in [2.05, 4.69) is 21.2 Å². The number of aromatic carboxylic acids is 1. The molecule has 0 spiro atoms. The maximum absolute atomic E-state index is 13.2. The molecule has 1 saturated carbocycles. The number of nitrogens with one attached hydrogen (secondary N) is 1. The number of urea groups is 1. The van der Waals surface area contributed by atoms with Crippen molar-refractivity contribution in [3.63, 3.8) is 0 Å². The monoisotopic (exact) mass is 526 g/mol. The van der Waals surface area contributed by atoms with Gasteiger partial charge in [0.2, 0.25) is 0 Å². The molecule has 2 aliphatic rings. The third-order valence-corrected chi connectivity index (χ3v) is 6.43. The molecule has 34 heavy (non-hydrogen) atoms. The first kappa shape index (κ1) is 23.7. The van der Waals surface area contributed by atoms with Gasteiger partial charge < -0.3 is 9.84 Å². The summed E-state index contributed by atoms with van der Waals surface area (Å²) in [6, 6.07) is 10.6. The summed E-state index contributed by atoms with van der Waals surface area (Å²) in [5.74, 6) is -1.92. The van der Waals surface area contributed by atoms with Gasteiger partial charge in [-0.05, 0) is 54.8 Å². The van der Waals surface area contributed by atoms with Crippen LogP contribution in [0.5, 0.6) is 5.75 Å². The number of carbonyl (C=O) groups is 4. The first-order valence-corrected chi connectivity index (χ1v) is 11.8. The number of imide groups is 2. The van der Waals surface area contributed by atoms with Gasteiger partial charge in [-0.15, -0.1) is 0 Å². The molecule has 2 N–H and O–H groups in total. The van der Waals surface area contributed by atoms with E-state index in [1.807, 2.05) is 0 Å². The lowest BCUT2D eigenvalue weighted by molar-refractivity contribution is -0.132. The number of hydrogen-bond donors (Lipinski definition) is 2. The van der Waals surface area contributed by atoms with Crippen LogP contribution in [0.4, 0.5) is 4.79 Å². The van der Waals surface area contributed by atoms with Crippen molar-refractivity contribution in [1.82, 2.24) is 10.2 Å². The van der Waals surface area contributed by atoms with Gasteiger partial charge in [0.25, 0.3) is 11.8 Å². The van der Waals surface area contributed by atoms with E-state index in [1.165, 1.54) is 23.1 Å². The van der Waals surface area contributed by atoms with E-state index in [0.29, 0.717) is 11.3 Å². The van der Waals surface area contributed by atoms with E-state index in [9.17, 15) is 19.2 Å². The van der Waals surface area contributed by atoms with Crippen molar-refractivity contribution in [3.05, 3.63) is 69.2 Å². The SMILES string of the molecule is O=C1NC(=O)N(C2CCCCC2)C(=O)C1=Cc1cc(Br)ccc1OCc1ccc(C(=O)O)cc1. The highest BCUT2D eigenvalue weighted by atomic mass is 79.9. The molecular formula is C25H23BrN2O6. The molecule has 2 aromatic carbocycles. The summed E-state index contributed by atoms with van der Waals surface area (Å²) in [7, 11) is 0. The average Bonchev–Trinajstić information content (AvgIpc) is 2.82. The van der Waals surface area contributed by atoms with Crippen molar-refractivity contribution >= 4 is 45.8 Å². The third kappa shape index (κ3) is 5.20. The Morgan fingerprint density at radius 3 is 2.47 bits per heavy atom. The van der Waals surface area contributed by atoms with Crippen LogP contribution >= 0.6 is 15.9 Å². The molecule has 2 fully saturated rings. The maximum atomic E-state index is 13.2. The number of amides is 4. The minimum absolute atomic E-state index is 0.126.